The van der Waals surface area contributed by atoms with Gasteiger partial charge in [-0.1, -0.05) is 0 Å². The van der Waals surface area contributed by atoms with Crippen LogP contribution in [-0.2, 0) is 0 Å². The van der Waals surface area contributed by atoms with E-state index in [0.717, 1.165) is 5.56 Å². The van der Waals surface area contributed by atoms with Gasteiger partial charge in [0.1, 0.15) is 0 Å². The first-order valence-corrected chi connectivity index (χ1v) is 5.26. The summed E-state index contributed by atoms with van der Waals surface area (Å²) < 4.78 is 5.87. The lowest BCUT2D eigenvalue weighted by molar-refractivity contribution is 0.0720. The van der Waals surface area contributed by atoms with Crippen molar-refractivity contribution in [1.29, 1.82) is 0 Å². The number of amides is 1. The van der Waals surface area contributed by atoms with Crippen molar-refractivity contribution in [2.24, 2.45) is 0 Å². The van der Waals surface area contributed by atoms with Crippen LogP contribution >= 0.6 is 15.9 Å². The number of halogens is 1. The van der Waals surface area contributed by atoms with E-state index in [1.807, 2.05) is 20.8 Å². The molecule has 0 aliphatic heterocycles. The van der Waals surface area contributed by atoms with Crippen LogP contribution in [-0.4, -0.2) is 23.9 Å². The van der Waals surface area contributed by atoms with E-state index in [-0.39, 0.29) is 11.9 Å². The molecule has 0 atom stereocenters. The van der Waals surface area contributed by atoms with E-state index in [2.05, 4.69) is 15.9 Å². The van der Waals surface area contributed by atoms with Crippen LogP contribution in [0.15, 0.2) is 15.2 Å². The number of rotatable bonds is 2. The van der Waals surface area contributed by atoms with Crippen LogP contribution in [0.25, 0.3) is 0 Å². The van der Waals surface area contributed by atoms with Crippen LogP contribution < -0.4 is 0 Å². The Morgan fingerprint density at radius 3 is 2.50 bits per heavy atom. The van der Waals surface area contributed by atoms with Gasteiger partial charge in [-0.15, -0.1) is 0 Å². The minimum atomic E-state index is -0.0804. The molecule has 0 aliphatic rings. The molecule has 78 valence electrons. The zero-order chi connectivity index (χ0) is 10.9. The van der Waals surface area contributed by atoms with Gasteiger partial charge in [-0.25, -0.2) is 0 Å². The Hall–Kier alpha value is -0.770. The van der Waals surface area contributed by atoms with Crippen LogP contribution in [0.3, 0.4) is 0 Å². The van der Waals surface area contributed by atoms with Crippen LogP contribution in [0.4, 0.5) is 0 Å². The molecule has 0 spiro atoms. The molecule has 0 bridgehead atoms. The number of hydrogen-bond acceptors (Lipinski definition) is 2. The molecule has 0 radical (unpaired) electrons. The Balaban J connectivity index is 2.95. The third kappa shape index (κ3) is 2.18. The zero-order valence-electron chi connectivity index (χ0n) is 8.80. The topological polar surface area (TPSA) is 33.5 Å². The third-order valence-electron chi connectivity index (χ3n) is 2.18. The molecule has 0 unspecified atom stereocenters. The molecule has 0 aromatic carbocycles. The number of carbonyl (C=O) groups is 1. The smallest absolute Gasteiger partial charge is 0.289 e. The third-order valence-corrected chi connectivity index (χ3v) is 2.57. The quantitative estimate of drug-likeness (QED) is 0.819. The molecule has 0 aliphatic carbocycles. The van der Waals surface area contributed by atoms with Crippen molar-refractivity contribution in [3.63, 3.8) is 0 Å². The number of nitrogens with zero attached hydrogens (tertiary/aromatic N) is 1. The maximum absolute atomic E-state index is 11.8. The van der Waals surface area contributed by atoms with E-state index in [9.17, 15) is 4.79 Å². The normalized spacial score (nSPS) is 10.7. The summed E-state index contributed by atoms with van der Waals surface area (Å²) in [5.74, 6) is 0.330. The molecule has 0 N–H and O–H groups in total. The van der Waals surface area contributed by atoms with Gasteiger partial charge in [0.25, 0.3) is 5.91 Å². The first kappa shape index (κ1) is 11.3. The van der Waals surface area contributed by atoms with E-state index >= 15 is 0 Å². The Kier molecular flexibility index (Phi) is 3.37. The van der Waals surface area contributed by atoms with E-state index < -0.39 is 0 Å². The Morgan fingerprint density at radius 1 is 1.57 bits per heavy atom. The van der Waals surface area contributed by atoms with Crippen LogP contribution in [0, 0.1) is 6.92 Å². The minimum absolute atomic E-state index is 0.0804. The summed E-state index contributed by atoms with van der Waals surface area (Å²) in [4.78, 5) is 13.5. The summed E-state index contributed by atoms with van der Waals surface area (Å²) in [5, 5.41) is 0. The first-order valence-electron chi connectivity index (χ1n) is 4.46. The van der Waals surface area contributed by atoms with Gasteiger partial charge in [0.2, 0.25) is 0 Å². The van der Waals surface area contributed by atoms with E-state index in [4.69, 9.17) is 4.42 Å². The van der Waals surface area contributed by atoms with Crippen molar-refractivity contribution < 1.29 is 9.21 Å². The highest BCUT2D eigenvalue weighted by atomic mass is 79.9. The molecule has 0 saturated carbocycles. The first-order chi connectivity index (χ1) is 6.43. The van der Waals surface area contributed by atoms with Gasteiger partial charge >= 0.3 is 0 Å². The van der Waals surface area contributed by atoms with Crippen molar-refractivity contribution in [2.75, 3.05) is 7.05 Å². The second-order valence-corrected chi connectivity index (χ2v) is 4.35. The molecule has 0 fully saturated rings. The van der Waals surface area contributed by atoms with Crippen LogP contribution in [0.2, 0.25) is 0 Å². The van der Waals surface area contributed by atoms with E-state index in [0.29, 0.717) is 10.4 Å². The van der Waals surface area contributed by atoms with Gasteiger partial charge < -0.3 is 9.32 Å². The molecule has 1 heterocycles. The summed E-state index contributed by atoms with van der Waals surface area (Å²) >= 11 is 3.20. The van der Waals surface area contributed by atoms with Gasteiger partial charge in [0.15, 0.2) is 10.4 Å². The molecular formula is C10H14BrNO2. The highest BCUT2D eigenvalue weighted by Crippen LogP contribution is 2.21. The molecule has 1 amide bonds. The number of carbonyl (C=O) groups excluding carboxylic acids is 1. The summed E-state index contributed by atoms with van der Waals surface area (Å²) in [7, 11) is 1.77. The van der Waals surface area contributed by atoms with Gasteiger partial charge in [0.05, 0.1) is 0 Å². The summed E-state index contributed by atoms with van der Waals surface area (Å²) in [5.41, 5.74) is 0.856. The van der Waals surface area contributed by atoms with Crippen molar-refractivity contribution in [1.82, 2.24) is 4.90 Å². The predicted octanol–water partition coefficient (Wildman–Crippen LogP) is 2.83. The second-order valence-electron chi connectivity index (χ2n) is 3.57. The van der Waals surface area contributed by atoms with Crippen molar-refractivity contribution in [3.05, 3.63) is 22.1 Å². The predicted molar refractivity (Wildman–Crippen MR) is 58.4 cm³/mol. The largest absolute Gasteiger partial charge is 0.444 e. The highest BCUT2D eigenvalue weighted by Gasteiger charge is 2.20. The maximum Gasteiger partial charge on any atom is 0.289 e. The highest BCUT2D eigenvalue weighted by molar-refractivity contribution is 9.10. The molecule has 1 aromatic heterocycles. The SMILES string of the molecule is Cc1cc(Br)oc1C(=O)N(C)C(C)C. The van der Waals surface area contributed by atoms with Crippen molar-refractivity contribution in [2.45, 2.75) is 26.8 Å². The summed E-state index contributed by atoms with van der Waals surface area (Å²) in [6.07, 6.45) is 0. The molecular weight excluding hydrogens is 246 g/mol. The standard InChI is InChI=1S/C10H14BrNO2/c1-6(2)12(4)10(13)9-7(3)5-8(11)14-9/h5-6H,1-4H3. The monoisotopic (exact) mass is 259 g/mol. The van der Waals surface area contributed by atoms with Crippen molar-refractivity contribution in [3.8, 4) is 0 Å². The fourth-order valence-corrected chi connectivity index (χ4v) is 1.56. The van der Waals surface area contributed by atoms with Crippen LogP contribution in [0.5, 0.6) is 0 Å². The fraction of sp³-hybridized carbons (Fsp3) is 0.500. The number of aryl methyl sites for hydroxylation is 1. The minimum Gasteiger partial charge on any atom is -0.444 e. The summed E-state index contributed by atoms with van der Waals surface area (Å²) in [6, 6.07) is 1.97. The Bertz CT molecular complexity index is 344. The lowest BCUT2D eigenvalue weighted by atomic mass is 10.2. The van der Waals surface area contributed by atoms with Gasteiger partial charge in [-0.3, -0.25) is 4.79 Å². The maximum atomic E-state index is 11.8. The molecule has 14 heavy (non-hydrogen) atoms. The second kappa shape index (κ2) is 4.17. The molecule has 1 aromatic rings. The molecule has 3 nitrogen and oxygen atoms in total. The van der Waals surface area contributed by atoms with E-state index in [1.165, 1.54) is 0 Å². The average molecular weight is 260 g/mol. The lowest BCUT2D eigenvalue weighted by Gasteiger charge is -2.20. The molecule has 0 saturated heterocycles. The molecule has 4 heteroatoms. The Morgan fingerprint density at radius 2 is 2.14 bits per heavy atom. The summed E-state index contributed by atoms with van der Waals surface area (Å²) in [6.45, 7) is 5.78. The lowest BCUT2D eigenvalue weighted by Crippen LogP contribution is -2.33. The number of hydrogen-bond donors (Lipinski definition) is 0. The van der Waals surface area contributed by atoms with Crippen molar-refractivity contribution >= 4 is 21.8 Å². The van der Waals surface area contributed by atoms with Gasteiger partial charge in [-0.2, -0.15) is 0 Å². The average Bonchev–Trinajstić information content (AvgIpc) is 2.42. The van der Waals surface area contributed by atoms with Crippen LogP contribution in [0.1, 0.15) is 30.0 Å². The van der Waals surface area contributed by atoms with E-state index in [1.54, 1.807) is 18.0 Å². The van der Waals surface area contributed by atoms with Gasteiger partial charge in [-0.05, 0) is 42.8 Å². The fourth-order valence-electron chi connectivity index (χ4n) is 1.05. The number of furan rings is 1. The zero-order valence-corrected chi connectivity index (χ0v) is 10.4. The van der Waals surface area contributed by atoms with Gasteiger partial charge in [0, 0.05) is 18.7 Å². The molecule has 1 rings (SSSR count). The Labute approximate surface area is 92.2 Å².